The van der Waals surface area contributed by atoms with Crippen LogP contribution in [0.1, 0.15) is 35.6 Å². The fourth-order valence-corrected chi connectivity index (χ4v) is 4.86. The van der Waals surface area contributed by atoms with Crippen molar-refractivity contribution in [2.24, 2.45) is 0 Å². The molecule has 0 aliphatic carbocycles. The maximum Gasteiger partial charge on any atom is 0.416 e. The van der Waals surface area contributed by atoms with Gasteiger partial charge < -0.3 is 10.4 Å². The topological polar surface area (TPSA) is 93.3 Å². The molecule has 2 N–H and O–H groups in total. The lowest BCUT2D eigenvalue weighted by molar-refractivity contribution is -0.138. The Morgan fingerprint density at radius 2 is 1.64 bits per heavy atom. The van der Waals surface area contributed by atoms with Crippen molar-refractivity contribution in [2.45, 2.75) is 38.1 Å². The molecule has 3 aromatic carbocycles. The Morgan fingerprint density at radius 3 is 2.31 bits per heavy atom. The van der Waals surface area contributed by atoms with Gasteiger partial charge in [-0.2, -0.15) is 13.2 Å². The van der Waals surface area contributed by atoms with Crippen LogP contribution in [0.2, 0.25) is 5.02 Å². The van der Waals surface area contributed by atoms with Crippen LogP contribution in [0.4, 0.5) is 17.6 Å². The molecule has 1 atom stereocenters. The number of hydrogen-bond acceptors (Lipinski definition) is 4. The highest BCUT2D eigenvalue weighted by Gasteiger charge is 2.34. The van der Waals surface area contributed by atoms with Crippen molar-refractivity contribution in [2.75, 3.05) is 6.54 Å². The molecule has 0 saturated carbocycles. The maximum absolute atomic E-state index is 14.8. The van der Waals surface area contributed by atoms with E-state index in [0.29, 0.717) is 5.56 Å². The van der Waals surface area contributed by atoms with Gasteiger partial charge in [-0.1, -0.05) is 66.2 Å². The second-order valence-electron chi connectivity index (χ2n) is 9.53. The molecule has 1 aromatic heterocycles. The lowest BCUT2D eigenvalue weighted by Crippen LogP contribution is -2.43. The van der Waals surface area contributed by atoms with Gasteiger partial charge in [-0.3, -0.25) is 18.7 Å². The molecule has 0 aliphatic rings. The predicted octanol–water partition coefficient (Wildman–Crippen LogP) is 5.73. The molecule has 0 radical (unpaired) electrons. The largest absolute Gasteiger partial charge is 0.481 e. The van der Waals surface area contributed by atoms with E-state index in [1.807, 2.05) is 0 Å². The van der Waals surface area contributed by atoms with Gasteiger partial charge in [0.15, 0.2) is 0 Å². The number of carbonyl (C=O) groups is 1. The van der Waals surface area contributed by atoms with E-state index in [1.54, 1.807) is 42.5 Å². The minimum atomic E-state index is -4.89. The highest BCUT2D eigenvalue weighted by Crippen LogP contribution is 2.33. The molecule has 0 saturated heterocycles. The van der Waals surface area contributed by atoms with Crippen LogP contribution in [0.25, 0.3) is 11.1 Å². The normalized spacial score (nSPS) is 12.3. The van der Waals surface area contributed by atoms with Gasteiger partial charge in [0, 0.05) is 28.8 Å². The molecular formula is C30H26ClF4N3O4. The fraction of sp³-hybridized carbons (Fsp3) is 0.233. The molecule has 0 fully saturated rings. The molecule has 0 spiro atoms. The maximum atomic E-state index is 14.8. The number of alkyl halides is 3. The van der Waals surface area contributed by atoms with E-state index in [1.165, 1.54) is 12.1 Å². The highest BCUT2D eigenvalue weighted by molar-refractivity contribution is 6.33. The van der Waals surface area contributed by atoms with E-state index >= 15 is 0 Å². The third-order valence-corrected chi connectivity index (χ3v) is 7.01. The number of aromatic nitrogens is 2. The summed E-state index contributed by atoms with van der Waals surface area (Å²) in [5.74, 6) is -2.14. The van der Waals surface area contributed by atoms with Crippen LogP contribution in [0.3, 0.4) is 0 Å². The Morgan fingerprint density at radius 1 is 0.952 bits per heavy atom. The Hall–Kier alpha value is -4.22. The molecule has 7 nitrogen and oxygen atoms in total. The van der Waals surface area contributed by atoms with Gasteiger partial charge in [0.2, 0.25) is 0 Å². The quantitative estimate of drug-likeness (QED) is 0.169. The van der Waals surface area contributed by atoms with Crippen molar-refractivity contribution >= 4 is 17.6 Å². The standard InChI is InChI=1S/C30H26ClF4N3O4/c31-24-12-5-4-10-20(24)21-16-37(17-22-23(30(33,34)35)11-6-13-25(22)32)29(42)38(28(21)41)18-26(19-8-2-1-3-9-19)36-15-7-14-27(39)40/h1-6,8-13,16,26,36H,7,14-15,17-18H2,(H,39,40)/t26-/m1/s1. The number of nitrogens with zero attached hydrogens (tertiary/aromatic N) is 2. The van der Waals surface area contributed by atoms with Crippen molar-refractivity contribution in [3.63, 3.8) is 0 Å². The van der Waals surface area contributed by atoms with Crippen LogP contribution in [0, 0.1) is 5.82 Å². The molecule has 42 heavy (non-hydrogen) atoms. The van der Waals surface area contributed by atoms with Gasteiger partial charge in [-0.25, -0.2) is 9.18 Å². The molecule has 220 valence electrons. The third-order valence-electron chi connectivity index (χ3n) is 6.68. The number of hydrogen-bond donors (Lipinski definition) is 2. The van der Waals surface area contributed by atoms with Crippen molar-refractivity contribution in [3.8, 4) is 11.1 Å². The minimum Gasteiger partial charge on any atom is -0.481 e. The van der Waals surface area contributed by atoms with Crippen LogP contribution in [-0.2, 0) is 24.1 Å². The van der Waals surface area contributed by atoms with E-state index in [4.69, 9.17) is 16.7 Å². The summed E-state index contributed by atoms with van der Waals surface area (Å²) in [6.45, 7) is -0.820. The summed E-state index contributed by atoms with van der Waals surface area (Å²) in [7, 11) is 0. The first kappa shape index (κ1) is 30.7. The van der Waals surface area contributed by atoms with Crippen LogP contribution in [0.5, 0.6) is 0 Å². The van der Waals surface area contributed by atoms with Gasteiger partial charge in [0.1, 0.15) is 5.82 Å². The number of carboxylic acids is 1. The van der Waals surface area contributed by atoms with Crippen molar-refractivity contribution in [3.05, 3.63) is 127 Å². The second-order valence-corrected chi connectivity index (χ2v) is 9.93. The molecule has 0 aliphatic heterocycles. The number of benzene rings is 3. The monoisotopic (exact) mass is 603 g/mol. The number of carboxylic acid groups (broad SMARTS) is 1. The van der Waals surface area contributed by atoms with Gasteiger partial charge in [0.25, 0.3) is 5.56 Å². The number of aliphatic carboxylic acids is 1. The van der Waals surface area contributed by atoms with E-state index in [-0.39, 0.29) is 42.1 Å². The molecule has 0 amide bonds. The fourth-order valence-electron chi connectivity index (χ4n) is 4.62. The number of rotatable bonds is 11. The second kappa shape index (κ2) is 13.2. The SMILES string of the molecule is O=C(O)CCCN[C@H](Cn1c(=O)c(-c2ccccc2Cl)cn(Cc2c(F)cccc2C(F)(F)F)c1=O)c1ccccc1. The Labute approximate surface area is 242 Å². The Balaban J connectivity index is 1.86. The van der Waals surface area contributed by atoms with Crippen LogP contribution in [0.15, 0.2) is 88.6 Å². The van der Waals surface area contributed by atoms with E-state index < -0.39 is 52.9 Å². The zero-order chi connectivity index (χ0) is 30.4. The zero-order valence-corrected chi connectivity index (χ0v) is 22.8. The van der Waals surface area contributed by atoms with E-state index in [2.05, 4.69) is 5.32 Å². The molecule has 12 heteroatoms. The first-order chi connectivity index (χ1) is 20.0. The average Bonchev–Trinajstić information content (AvgIpc) is 2.94. The molecule has 4 aromatic rings. The van der Waals surface area contributed by atoms with Crippen molar-refractivity contribution in [1.29, 1.82) is 0 Å². The Kier molecular flexibility index (Phi) is 9.64. The summed E-state index contributed by atoms with van der Waals surface area (Å²) in [4.78, 5) is 38.4. The highest BCUT2D eigenvalue weighted by atomic mass is 35.5. The minimum absolute atomic E-state index is 0.0669. The smallest absolute Gasteiger partial charge is 0.416 e. The van der Waals surface area contributed by atoms with Crippen LogP contribution in [-0.4, -0.2) is 26.8 Å². The van der Waals surface area contributed by atoms with Crippen molar-refractivity contribution in [1.82, 2.24) is 14.5 Å². The molecule has 0 bridgehead atoms. The lowest BCUT2D eigenvalue weighted by atomic mass is 10.0. The van der Waals surface area contributed by atoms with Crippen molar-refractivity contribution < 1.29 is 27.5 Å². The first-order valence-corrected chi connectivity index (χ1v) is 13.3. The van der Waals surface area contributed by atoms with Gasteiger partial charge in [-0.05, 0) is 36.7 Å². The summed E-state index contributed by atoms with van der Waals surface area (Å²) in [6.07, 6.45) is -3.63. The Bertz CT molecular complexity index is 1690. The average molecular weight is 604 g/mol. The molecule has 4 rings (SSSR count). The first-order valence-electron chi connectivity index (χ1n) is 12.9. The molecule has 0 unspecified atom stereocenters. The van der Waals surface area contributed by atoms with Gasteiger partial charge >= 0.3 is 17.8 Å². The third kappa shape index (κ3) is 7.15. The van der Waals surface area contributed by atoms with Crippen LogP contribution < -0.4 is 16.6 Å². The van der Waals surface area contributed by atoms with Crippen LogP contribution >= 0.6 is 11.6 Å². The summed E-state index contributed by atoms with van der Waals surface area (Å²) in [5.41, 5.74) is -2.85. The van der Waals surface area contributed by atoms with E-state index in [9.17, 15) is 31.9 Å². The number of halogens is 5. The predicted molar refractivity (Wildman–Crippen MR) is 150 cm³/mol. The summed E-state index contributed by atoms with van der Waals surface area (Å²) in [6, 6.07) is 16.9. The number of nitrogens with one attached hydrogen (secondary N) is 1. The van der Waals surface area contributed by atoms with Gasteiger partial charge in [-0.15, -0.1) is 0 Å². The molecule has 1 heterocycles. The van der Waals surface area contributed by atoms with E-state index in [0.717, 1.165) is 33.5 Å². The zero-order valence-electron chi connectivity index (χ0n) is 22.1. The van der Waals surface area contributed by atoms with Gasteiger partial charge in [0.05, 0.1) is 30.3 Å². The summed E-state index contributed by atoms with van der Waals surface area (Å²) < 4.78 is 57.8. The molecular weight excluding hydrogens is 578 g/mol. The summed E-state index contributed by atoms with van der Waals surface area (Å²) >= 11 is 6.35. The lowest BCUT2D eigenvalue weighted by Gasteiger charge is -2.22. The summed E-state index contributed by atoms with van der Waals surface area (Å²) in [5, 5.41) is 12.3.